The summed E-state index contributed by atoms with van der Waals surface area (Å²) >= 11 is 2.64. The molecule has 0 aliphatic heterocycles. The summed E-state index contributed by atoms with van der Waals surface area (Å²) in [6.45, 7) is 0.413. The number of aromatic nitrogens is 3. The summed E-state index contributed by atoms with van der Waals surface area (Å²) in [5.41, 5.74) is 1.24. The maximum absolute atomic E-state index is 11.9. The summed E-state index contributed by atoms with van der Waals surface area (Å²) < 4.78 is 1.68. The van der Waals surface area contributed by atoms with Gasteiger partial charge in [0.15, 0.2) is 0 Å². The fraction of sp³-hybridized carbons (Fsp3) is 0.333. The van der Waals surface area contributed by atoms with Crippen molar-refractivity contribution < 1.29 is 14.7 Å². The van der Waals surface area contributed by atoms with Crippen LogP contribution in [-0.4, -0.2) is 49.8 Å². The fourth-order valence-corrected chi connectivity index (χ4v) is 2.87. The monoisotopic (exact) mass is 326 g/mol. The Morgan fingerprint density at radius 3 is 3.00 bits per heavy atom. The van der Waals surface area contributed by atoms with E-state index in [4.69, 9.17) is 5.11 Å². The van der Waals surface area contributed by atoms with Crippen molar-refractivity contribution in [2.75, 3.05) is 18.1 Å². The van der Waals surface area contributed by atoms with Crippen molar-refractivity contribution in [2.24, 2.45) is 7.05 Å². The second-order valence-electron chi connectivity index (χ2n) is 4.14. The molecular weight excluding hydrogens is 312 g/mol. The minimum Gasteiger partial charge on any atom is -0.481 e. The molecule has 2 aromatic heterocycles. The van der Waals surface area contributed by atoms with Crippen LogP contribution < -0.4 is 5.32 Å². The fourth-order valence-electron chi connectivity index (χ4n) is 1.53. The Hall–Kier alpha value is -1.87. The van der Waals surface area contributed by atoms with E-state index in [0.29, 0.717) is 18.0 Å². The van der Waals surface area contributed by atoms with Gasteiger partial charge in [0.05, 0.1) is 11.9 Å². The van der Waals surface area contributed by atoms with Gasteiger partial charge in [0.2, 0.25) is 0 Å². The lowest BCUT2D eigenvalue weighted by Crippen LogP contribution is -2.26. The lowest BCUT2D eigenvalue weighted by molar-refractivity contribution is -0.133. The van der Waals surface area contributed by atoms with Crippen LogP contribution in [0.3, 0.4) is 0 Å². The summed E-state index contributed by atoms with van der Waals surface area (Å²) in [5, 5.41) is 17.7. The Labute approximate surface area is 129 Å². The predicted octanol–water partition coefficient (Wildman–Crippen LogP) is 1.09. The highest BCUT2D eigenvalue weighted by molar-refractivity contribution is 7.99. The van der Waals surface area contributed by atoms with Gasteiger partial charge in [0.1, 0.15) is 10.7 Å². The first kappa shape index (κ1) is 15.5. The number of carboxylic acid groups (broad SMARTS) is 1. The third kappa shape index (κ3) is 4.57. The van der Waals surface area contributed by atoms with Crippen LogP contribution in [0.25, 0.3) is 10.6 Å². The maximum atomic E-state index is 11.9. The minimum absolute atomic E-state index is 0.0394. The summed E-state index contributed by atoms with van der Waals surface area (Å²) in [5.74, 6) is -0.515. The number of hydrogen-bond donors (Lipinski definition) is 2. The lowest BCUT2D eigenvalue weighted by atomic mass is 10.4. The molecular formula is C12H14N4O3S2. The molecule has 7 nitrogen and oxygen atoms in total. The topological polar surface area (TPSA) is 97.1 Å². The van der Waals surface area contributed by atoms with Crippen LogP contribution >= 0.6 is 23.1 Å². The number of thiazole rings is 1. The van der Waals surface area contributed by atoms with Gasteiger partial charge in [-0.25, -0.2) is 4.98 Å². The molecule has 0 bridgehead atoms. The molecule has 9 heteroatoms. The molecule has 0 atom stereocenters. The molecule has 2 rings (SSSR count). The van der Waals surface area contributed by atoms with Crippen molar-refractivity contribution in [3.05, 3.63) is 23.5 Å². The molecule has 0 aliphatic carbocycles. The van der Waals surface area contributed by atoms with Gasteiger partial charge in [-0.2, -0.15) is 5.10 Å². The number of thioether (sulfide) groups is 1. The zero-order valence-corrected chi connectivity index (χ0v) is 12.9. The lowest BCUT2D eigenvalue weighted by Gasteiger charge is -2.01. The number of hydrogen-bond acceptors (Lipinski definition) is 6. The van der Waals surface area contributed by atoms with Crippen LogP contribution in [0.1, 0.15) is 10.5 Å². The molecule has 112 valence electrons. The van der Waals surface area contributed by atoms with Crippen molar-refractivity contribution in [1.29, 1.82) is 0 Å². The summed E-state index contributed by atoms with van der Waals surface area (Å²) in [6.07, 6.45) is 3.53. The van der Waals surface area contributed by atoms with Crippen LogP contribution in [0.4, 0.5) is 0 Å². The first-order valence-electron chi connectivity index (χ1n) is 6.08. The zero-order valence-electron chi connectivity index (χ0n) is 11.3. The molecule has 0 fully saturated rings. The van der Waals surface area contributed by atoms with E-state index < -0.39 is 5.97 Å². The van der Waals surface area contributed by atoms with E-state index in [1.807, 2.05) is 13.2 Å². The number of carbonyl (C=O) groups excluding carboxylic acids is 1. The molecule has 0 unspecified atom stereocenters. The van der Waals surface area contributed by atoms with Gasteiger partial charge in [-0.05, 0) is 0 Å². The Kier molecular flexibility index (Phi) is 5.34. The van der Waals surface area contributed by atoms with Gasteiger partial charge in [0, 0.05) is 36.5 Å². The van der Waals surface area contributed by atoms with Crippen molar-refractivity contribution >= 4 is 35.0 Å². The second-order valence-corrected chi connectivity index (χ2v) is 6.11. The number of rotatable bonds is 7. The normalized spacial score (nSPS) is 10.5. The van der Waals surface area contributed by atoms with Crippen molar-refractivity contribution in [1.82, 2.24) is 20.1 Å². The summed E-state index contributed by atoms with van der Waals surface area (Å²) in [7, 11) is 1.82. The third-order valence-corrected chi connectivity index (χ3v) is 4.28. The van der Waals surface area contributed by atoms with Crippen LogP contribution in [0.15, 0.2) is 17.8 Å². The average Bonchev–Trinajstić information content (AvgIpc) is 3.06. The van der Waals surface area contributed by atoms with E-state index in [1.54, 1.807) is 16.3 Å². The smallest absolute Gasteiger partial charge is 0.313 e. The van der Waals surface area contributed by atoms with Crippen LogP contribution in [0.5, 0.6) is 0 Å². The van der Waals surface area contributed by atoms with E-state index in [9.17, 15) is 9.59 Å². The standard InChI is InChI=1S/C12H14N4O3S2/c1-16-5-8(4-14-16)12-15-9(6-21-12)11(19)13-2-3-20-7-10(17)18/h4-6H,2-3,7H2,1H3,(H,13,19)(H,17,18). The number of carboxylic acids is 1. The van der Waals surface area contributed by atoms with E-state index in [1.165, 1.54) is 23.1 Å². The SMILES string of the molecule is Cn1cc(-c2nc(C(=O)NCCSCC(=O)O)cs2)cn1. The highest BCUT2D eigenvalue weighted by atomic mass is 32.2. The second kappa shape index (κ2) is 7.23. The molecule has 0 spiro atoms. The van der Waals surface area contributed by atoms with Gasteiger partial charge in [-0.15, -0.1) is 23.1 Å². The van der Waals surface area contributed by atoms with Gasteiger partial charge in [-0.3, -0.25) is 14.3 Å². The largest absolute Gasteiger partial charge is 0.481 e. The van der Waals surface area contributed by atoms with Gasteiger partial charge in [0.25, 0.3) is 5.91 Å². The van der Waals surface area contributed by atoms with Crippen LogP contribution in [0.2, 0.25) is 0 Å². The van der Waals surface area contributed by atoms with E-state index in [2.05, 4.69) is 15.4 Å². The molecule has 0 saturated heterocycles. The first-order valence-corrected chi connectivity index (χ1v) is 8.12. The van der Waals surface area contributed by atoms with Gasteiger partial charge in [-0.1, -0.05) is 0 Å². The Morgan fingerprint density at radius 2 is 2.33 bits per heavy atom. The molecule has 0 aliphatic rings. The number of carbonyl (C=O) groups is 2. The molecule has 21 heavy (non-hydrogen) atoms. The van der Waals surface area contributed by atoms with E-state index in [0.717, 1.165) is 10.6 Å². The maximum Gasteiger partial charge on any atom is 0.313 e. The average molecular weight is 326 g/mol. The van der Waals surface area contributed by atoms with Gasteiger partial charge >= 0.3 is 5.97 Å². The first-order chi connectivity index (χ1) is 10.1. The van der Waals surface area contributed by atoms with Crippen molar-refractivity contribution in [3.8, 4) is 10.6 Å². The Balaban J connectivity index is 1.83. The summed E-state index contributed by atoms with van der Waals surface area (Å²) in [6, 6.07) is 0. The highest BCUT2D eigenvalue weighted by Gasteiger charge is 2.12. The molecule has 0 radical (unpaired) electrons. The molecule has 2 heterocycles. The number of aliphatic carboxylic acids is 1. The zero-order chi connectivity index (χ0) is 15.2. The molecule has 2 aromatic rings. The quantitative estimate of drug-likeness (QED) is 0.739. The van der Waals surface area contributed by atoms with Crippen molar-refractivity contribution in [3.63, 3.8) is 0 Å². The Bertz CT molecular complexity index is 638. The molecule has 0 saturated carbocycles. The number of nitrogens with one attached hydrogen (secondary N) is 1. The Morgan fingerprint density at radius 1 is 1.52 bits per heavy atom. The third-order valence-electron chi connectivity index (χ3n) is 2.45. The van der Waals surface area contributed by atoms with E-state index in [-0.39, 0.29) is 11.7 Å². The van der Waals surface area contributed by atoms with E-state index >= 15 is 0 Å². The number of amides is 1. The van der Waals surface area contributed by atoms with Crippen molar-refractivity contribution in [2.45, 2.75) is 0 Å². The highest BCUT2D eigenvalue weighted by Crippen LogP contribution is 2.22. The van der Waals surface area contributed by atoms with Gasteiger partial charge < -0.3 is 10.4 Å². The predicted molar refractivity (Wildman–Crippen MR) is 81.6 cm³/mol. The molecule has 2 N–H and O–H groups in total. The van der Waals surface area contributed by atoms with Crippen LogP contribution in [0, 0.1) is 0 Å². The number of nitrogens with zero attached hydrogens (tertiary/aromatic N) is 3. The minimum atomic E-state index is -0.855. The summed E-state index contributed by atoms with van der Waals surface area (Å²) in [4.78, 5) is 26.5. The number of aryl methyl sites for hydroxylation is 1. The molecule has 1 amide bonds. The van der Waals surface area contributed by atoms with Crippen LogP contribution in [-0.2, 0) is 11.8 Å². The molecule has 0 aromatic carbocycles.